The normalized spacial score (nSPS) is 11.2. The number of carbonyl (C=O) groups is 1. The molecule has 0 atom stereocenters. The van der Waals surface area contributed by atoms with E-state index in [1.54, 1.807) is 0 Å². The number of hydrogen-bond donors (Lipinski definition) is 0. The molecular weight excluding hydrogens is 288 g/mol. The summed E-state index contributed by atoms with van der Waals surface area (Å²) in [5, 5.41) is 0. The molecule has 0 radical (unpaired) electrons. The van der Waals surface area contributed by atoms with Gasteiger partial charge in [-0.3, -0.25) is 4.79 Å². The maximum atomic E-state index is 13.0. The first-order chi connectivity index (χ1) is 9.86. The standard InChI is InChI=1S/C15H10F4O2/c16-11-5-3-4-10(8-11)9-14(20)21-13-7-2-1-6-12(13)15(17,18)19/h1-8H,9H2. The summed E-state index contributed by atoms with van der Waals surface area (Å²) in [7, 11) is 0. The Kier molecular flexibility index (Phi) is 4.26. The summed E-state index contributed by atoms with van der Waals surface area (Å²) < 4.78 is 55.9. The molecule has 0 unspecified atom stereocenters. The monoisotopic (exact) mass is 298 g/mol. The average molecular weight is 298 g/mol. The van der Waals surface area contributed by atoms with Crippen molar-refractivity contribution in [3.63, 3.8) is 0 Å². The van der Waals surface area contributed by atoms with Crippen molar-refractivity contribution in [2.45, 2.75) is 12.6 Å². The topological polar surface area (TPSA) is 26.3 Å². The maximum absolute atomic E-state index is 13.0. The van der Waals surface area contributed by atoms with Crippen LogP contribution < -0.4 is 4.74 Å². The molecule has 0 amide bonds. The first-order valence-electron chi connectivity index (χ1n) is 5.97. The number of esters is 1. The van der Waals surface area contributed by atoms with Gasteiger partial charge >= 0.3 is 12.1 Å². The highest BCUT2D eigenvalue weighted by Gasteiger charge is 2.34. The van der Waals surface area contributed by atoms with Gasteiger partial charge in [0, 0.05) is 0 Å². The number of para-hydroxylation sites is 1. The zero-order valence-electron chi connectivity index (χ0n) is 10.7. The molecule has 0 fully saturated rings. The third-order valence-corrected chi connectivity index (χ3v) is 2.65. The van der Waals surface area contributed by atoms with Crippen LogP contribution >= 0.6 is 0 Å². The molecule has 2 aromatic rings. The van der Waals surface area contributed by atoms with Crippen molar-refractivity contribution in [1.29, 1.82) is 0 Å². The van der Waals surface area contributed by atoms with Crippen molar-refractivity contribution in [3.8, 4) is 5.75 Å². The van der Waals surface area contributed by atoms with Gasteiger partial charge in [0.25, 0.3) is 0 Å². The van der Waals surface area contributed by atoms with Crippen molar-refractivity contribution in [2.24, 2.45) is 0 Å². The summed E-state index contributed by atoms with van der Waals surface area (Å²) >= 11 is 0. The number of benzene rings is 2. The zero-order valence-corrected chi connectivity index (χ0v) is 10.7. The predicted octanol–water partition coefficient (Wildman–Crippen LogP) is 3.99. The second-order valence-electron chi connectivity index (χ2n) is 4.27. The third kappa shape index (κ3) is 4.05. The second kappa shape index (κ2) is 5.95. The molecule has 0 N–H and O–H groups in total. The van der Waals surface area contributed by atoms with Crippen LogP contribution in [0.25, 0.3) is 0 Å². The third-order valence-electron chi connectivity index (χ3n) is 2.65. The Labute approximate surface area is 118 Å². The van der Waals surface area contributed by atoms with Gasteiger partial charge in [-0.25, -0.2) is 4.39 Å². The lowest BCUT2D eigenvalue weighted by molar-refractivity contribution is -0.142. The molecule has 0 spiro atoms. The first kappa shape index (κ1) is 15.0. The van der Waals surface area contributed by atoms with E-state index in [0.29, 0.717) is 5.56 Å². The number of ether oxygens (including phenoxy) is 1. The predicted molar refractivity (Wildman–Crippen MR) is 67.2 cm³/mol. The van der Waals surface area contributed by atoms with Crippen molar-refractivity contribution in [3.05, 3.63) is 65.5 Å². The van der Waals surface area contributed by atoms with Gasteiger partial charge in [-0.1, -0.05) is 24.3 Å². The molecular formula is C15H10F4O2. The Morgan fingerprint density at radius 1 is 1.05 bits per heavy atom. The fourth-order valence-corrected chi connectivity index (χ4v) is 1.76. The molecule has 0 aromatic heterocycles. The fourth-order valence-electron chi connectivity index (χ4n) is 1.76. The first-order valence-corrected chi connectivity index (χ1v) is 5.97. The van der Waals surface area contributed by atoms with Crippen molar-refractivity contribution < 1.29 is 27.1 Å². The largest absolute Gasteiger partial charge is 0.426 e. The van der Waals surface area contributed by atoms with E-state index in [-0.39, 0.29) is 6.42 Å². The summed E-state index contributed by atoms with van der Waals surface area (Å²) in [5.74, 6) is -1.99. The molecule has 6 heteroatoms. The Bertz CT molecular complexity index is 650. The number of halogens is 4. The summed E-state index contributed by atoms with van der Waals surface area (Å²) in [4.78, 5) is 11.7. The Morgan fingerprint density at radius 2 is 1.76 bits per heavy atom. The number of carbonyl (C=O) groups excluding carboxylic acids is 1. The number of alkyl halides is 3. The Morgan fingerprint density at radius 3 is 2.43 bits per heavy atom. The molecule has 0 saturated carbocycles. The Hall–Kier alpha value is -2.37. The van der Waals surface area contributed by atoms with Crippen LogP contribution in [0.5, 0.6) is 5.75 Å². The molecule has 21 heavy (non-hydrogen) atoms. The van der Waals surface area contributed by atoms with Gasteiger partial charge in [0.2, 0.25) is 0 Å². The number of rotatable bonds is 3. The SMILES string of the molecule is O=C(Cc1cccc(F)c1)Oc1ccccc1C(F)(F)F. The smallest absolute Gasteiger partial charge is 0.419 e. The summed E-state index contributed by atoms with van der Waals surface area (Å²) in [5.41, 5.74) is -0.706. The fraction of sp³-hybridized carbons (Fsp3) is 0.133. The lowest BCUT2D eigenvalue weighted by atomic mass is 10.1. The van der Waals surface area contributed by atoms with E-state index in [1.165, 1.54) is 30.3 Å². The lowest BCUT2D eigenvalue weighted by Crippen LogP contribution is -2.15. The molecule has 2 rings (SSSR count). The highest BCUT2D eigenvalue weighted by Crippen LogP contribution is 2.35. The molecule has 0 aliphatic heterocycles. The molecule has 2 nitrogen and oxygen atoms in total. The van der Waals surface area contributed by atoms with Crippen LogP contribution in [-0.4, -0.2) is 5.97 Å². The van der Waals surface area contributed by atoms with Crippen molar-refractivity contribution >= 4 is 5.97 Å². The van der Waals surface area contributed by atoms with E-state index in [1.807, 2.05) is 0 Å². The van der Waals surface area contributed by atoms with E-state index >= 15 is 0 Å². The van der Waals surface area contributed by atoms with Gasteiger partial charge in [-0.15, -0.1) is 0 Å². The number of hydrogen-bond acceptors (Lipinski definition) is 2. The minimum atomic E-state index is -4.62. The summed E-state index contributed by atoms with van der Waals surface area (Å²) in [6.45, 7) is 0. The van der Waals surface area contributed by atoms with Crippen LogP contribution in [0.1, 0.15) is 11.1 Å². The molecule has 2 aromatic carbocycles. The maximum Gasteiger partial charge on any atom is 0.419 e. The molecule has 0 saturated heterocycles. The quantitative estimate of drug-likeness (QED) is 0.486. The van der Waals surface area contributed by atoms with E-state index in [0.717, 1.165) is 18.2 Å². The second-order valence-corrected chi connectivity index (χ2v) is 4.27. The van der Waals surface area contributed by atoms with Gasteiger partial charge in [-0.05, 0) is 29.8 Å². The van der Waals surface area contributed by atoms with E-state index < -0.39 is 29.3 Å². The van der Waals surface area contributed by atoms with Gasteiger partial charge in [0.05, 0.1) is 12.0 Å². The van der Waals surface area contributed by atoms with E-state index in [2.05, 4.69) is 0 Å². The molecule has 0 heterocycles. The van der Waals surface area contributed by atoms with Crippen molar-refractivity contribution in [2.75, 3.05) is 0 Å². The average Bonchev–Trinajstić information content (AvgIpc) is 2.37. The van der Waals surface area contributed by atoms with Crippen LogP contribution in [0.3, 0.4) is 0 Å². The highest BCUT2D eigenvalue weighted by atomic mass is 19.4. The molecule has 0 aliphatic carbocycles. The summed E-state index contributed by atoms with van der Waals surface area (Å²) in [6.07, 6.45) is -4.93. The van der Waals surface area contributed by atoms with Crippen LogP contribution in [0, 0.1) is 5.82 Å². The van der Waals surface area contributed by atoms with Gasteiger partial charge in [0.15, 0.2) is 0 Å². The van der Waals surface area contributed by atoms with E-state index in [9.17, 15) is 22.4 Å². The van der Waals surface area contributed by atoms with Gasteiger partial charge in [-0.2, -0.15) is 13.2 Å². The summed E-state index contributed by atoms with van der Waals surface area (Å²) in [6, 6.07) is 9.64. The van der Waals surface area contributed by atoms with Gasteiger partial charge < -0.3 is 4.74 Å². The van der Waals surface area contributed by atoms with Crippen LogP contribution in [0.2, 0.25) is 0 Å². The molecule has 110 valence electrons. The molecule has 0 aliphatic rings. The minimum Gasteiger partial charge on any atom is -0.426 e. The molecule has 0 bridgehead atoms. The Balaban J connectivity index is 2.14. The van der Waals surface area contributed by atoms with Crippen LogP contribution in [-0.2, 0) is 17.4 Å². The van der Waals surface area contributed by atoms with E-state index in [4.69, 9.17) is 4.74 Å². The zero-order chi connectivity index (χ0) is 15.5. The van der Waals surface area contributed by atoms with Crippen LogP contribution in [0.15, 0.2) is 48.5 Å². The van der Waals surface area contributed by atoms with Crippen molar-refractivity contribution in [1.82, 2.24) is 0 Å². The lowest BCUT2D eigenvalue weighted by Gasteiger charge is -2.12. The van der Waals surface area contributed by atoms with Crippen LogP contribution in [0.4, 0.5) is 17.6 Å². The van der Waals surface area contributed by atoms with Gasteiger partial charge in [0.1, 0.15) is 11.6 Å². The highest BCUT2D eigenvalue weighted by molar-refractivity contribution is 5.75. The minimum absolute atomic E-state index is 0.316.